The van der Waals surface area contributed by atoms with Gasteiger partial charge in [-0.1, -0.05) is 48.5 Å². The van der Waals surface area contributed by atoms with Crippen LogP contribution in [0.15, 0.2) is 59.4 Å². The van der Waals surface area contributed by atoms with E-state index < -0.39 is 29.6 Å². The van der Waals surface area contributed by atoms with Crippen LogP contribution in [-0.4, -0.2) is 75.8 Å². The highest BCUT2D eigenvalue weighted by atomic mass is 19.4. The Morgan fingerprint density at radius 3 is 2.41 bits per heavy atom. The molecule has 0 aliphatic carbocycles. The number of piperidine rings is 1. The number of halogens is 3. The Morgan fingerprint density at radius 2 is 1.73 bits per heavy atom. The van der Waals surface area contributed by atoms with Crippen LogP contribution >= 0.6 is 0 Å². The highest BCUT2D eigenvalue weighted by Gasteiger charge is 2.40. The van der Waals surface area contributed by atoms with Crippen LogP contribution in [-0.2, 0) is 24.1 Å². The molecular weight excluding hydrogens is 577 g/mol. The summed E-state index contributed by atoms with van der Waals surface area (Å²) in [4.78, 5) is 29.8. The number of likely N-dealkylation sites (N-methyl/N-ethyl adjacent to an activating group) is 1. The lowest BCUT2D eigenvalue weighted by atomic mass is 10.0. The van der Waals surface area contributed by atoms with E-state index in [0.717, 1.165) is 5.56 Å². The number of amides is 1. The molecule has 1 fully saturated rings. The number of para-hydroxylation sites is 1. The van der Waals surface area contributed by atoms with Crippen molar-refractivity contribution in [2.45, 2.75) is 45.1 Å². The topological polar surface area (TPSA) is 94.7 Å². The molecule has 234 valence electrons. The number of hydrogen-bond acceptors (Lipinski definition) is 7. The molecule has 0 spiro atoms. The van der Waals surface area contributed by atoms with E-state index in [1.807, 2.05) is 30.3 Å². The third-order valence-corrected chi connectivity index (χ3v) is 7.93. The molecule has 3 heterocycles. The maximum Gasteiger partial charge on any atom is 0.435 e. The molecule has 1 saturated heterocycles. The second kappa shape index (κ2) is 13.1. The van der Waals surface area contributed by atoms with Crippen LogP contribution in [0, 0.1) is 6.92 Å². The van der Waals surface area contributed by atoms with Gasteiger partial charge in [0.05, 0.1) is 30.8 Å². The summed E-state index contributed by atoms with van der Waals surface area (Å²) in [6, 6.07) is 16.1. The molecule has 0 atom stereocenters. The van der Waals surface area contributed by atoms with Gasteiger partial charge < -0.3 is 19.3 Å². The van der Waals surface area contributed by atoms with Crippen LogP contribution < -0.4 is 10.3 Å². The Labute approximate surface area is 252 Å². The molecule has 1 aliphatic heterocycles. The summed E-state index contributed by atoms with van der Waals surface area (Å²) in [7, 11) is 3.18. The average molecular weight is 613 g/mol. The number of benzene rings is 2. The van der Waals surface area contributed by atoms with E-state index in [9.17, 15) is 22.8 Å². The number of rotatable bonds is 9. The van der Waals surface area contributed by atoms with Crippen molar-refractivity contribution in [1.29, 1.82) is 0 Å². The van der Waals surface area contributed by atoms with Crippen molar-refractivity contribution in [1.82, 2.24) is 29.4 Å². The maximum absolute atomic E-state index is 14.1. The lowest BCUT2D eigenvalue weighted by Crippen LogP contribution is -2.41. The molecule has 10 nitrogen and oxygen atoms in total. The summed E-state index contributed by atoms with van der Waals surface area (Å²) in [6.45, 7) is 3.83. The number of fused-ring (bicyclic) bond motifs is 1. The van der Waals surface area contributed by atoms with Gasteiger partial charge in [-0.05, 0) is 31.4 Å². The van der Waals surface area contributed by atoms with E-state index in [1.54, 1.807) is 31.3 Å². The smallest absolute Gasteiger partial charge is 0.435 e. The molecule has 13 heteroatoms. The van der Waals surface area contributed by atoms with Crippen LogP contribution in [0.25, 0.3) is 10.9 Å². The third kappa shape index (κ3) is 6.72. The Bertz CT molecular complexity index is 1660. The van der Waals surface area contributed by atoms with Gasteiger partial charge in [-0.2, -0.15) is 23.4 Å². The maximum atomic E-state index is 14.1. The molecule has 44 heavy (non-hydrogen) atoms. The summed E-state index contributed by atoms with van der Waals surface area (Å²) in [6.07, 6.45) is -4.20. The predicted octanol–water partition coefficient (Wildman–Crippen LogP) is 4.88. The molecule has 2 aromatic heterocycles. The number of carbonyl (C=O) groups excluding carboxylic acids is 1. The van der Waals surface area contributed by atoms with Crippen molar-refractivity contribution in [3.63, 3.8) is 0 Å². The molecule has 0 bridgehead atoms. The lowest BCUT2D eigenvalue weighted by Gasteiger charge is -2.33. The summed E-state index contributed by atoms with van der Waals surface area (Å²) in [5, 5.41) is 7.96. The Balaban J connectivity index is 1.30. The van der Waals surface area contributed by atoms with Crippen LogP contribution in [0.4, 0.5) is 18.0 Å². The van der Waals surface area contributed by atoms with Crippen molar-refractivity contribution >= 4 is 17.0 Å². The Kier molecular flexibility index (Phi) is 9.23. The minimum absolute atomic E-state index is 0.0336. The third-order valence-electron chi connectivity index (χ3n) is 7.93. The molecule has 1 amide bonds. The highest BCUT2D eigenvalue weighted by molar-refractivity contribution is 5.84. The summed E-state index contributed by atoms with van der Waals surface area (Å²) in [5.74, 6) is 0.547. The number of aryl methyl sites for hydroxylation is 1. The van der Waals surface area contributed by atoms with Gasteiger partial charge in [-0.25, -0.2) is 9.48 Å². The van der Waals surface area contributed by atoms with Crippen LogP contribution in [0.2, 0.25) is 0 Å². The number of likely N-dealkylation sites (tertiary alicyclic amines) is 1. The molecule has 0 unspecified atom stereocenters. The van der Waals surface area contributed by atoms with Gasteiger partial charge in [0.15, 0.2) is 5.69 Å². The molecular formula is C31H35F3N6O4. The van der Waals surface area contributed by atoms with Gasteiger partial charge >= 0.3 is 12.3 Å². The van der Waals surface area contributed by atoms with Gasteiger partial charge in [-0.15, -0.1) is 0 Å². The fourth-order valence-electron chi connectivity index (χ4n) is 5.55. The first-order valence-electron chi connectivity index (χ1n) is 14.4. The van der Waals surface area contributed by atoms with Crippen LogP contribution in [0.1, 0.15) is 41.4 Å². The SMILES string of the molecule is COc1ccccc1Cn1nc(C)c2c(C(F)(F)F)nn(C3CCN(CCN(C)C(=O)OCc4ccccc4)CC3)c2c1=O. The van der Waals surface area contributed by atoms with Crippen molar-refractivity contribution in [3.05, 3.63) is 87.5 Å². The van der Waals surface area contributed by atoms with Crippen molar-refractivity contribution in [3.8, 4) is 5.75 Å². The van der Waals surface area contributed by atoms with E-state index in [2.05, 4.69) is 15.1 Å². The van der Waals surface area contributed by atoms with E-state index in [4.69, 9.17) is 9.47 Å². The van der Waals surface area contributed by atoms with E-state index in [0.29, 0.717) is 50.3 Å². The monoisotopic (exact) mass is 612 g/mol. The Hall–Kier alpha value is -4.39. The number of ether oxygens (including phenoxy) is 2. The summed E-state index contributed by atoms with van der Waals surface area (Å²) in [5.41, 5.74) is -0.192. The number of aromatic nitrogens is 4. The standard InChI is InChI=1S/C31H35F3N6O4/c1-21-26-27(29(41)39(35-21)19-23-11-7-8-12-25(23)43-3)40(36-28(26)31(32,33)34)24-13-15-38(16-14-24)18-17-37(2)30(42)44-20-22-9-5-4-6-10-22/h4-12,24H,13-20H2,1-3H3. The number of nitrogens with zero attached hydrogens (tertiary/aromatic N) is 6. The molecule has 0 saturated carbocycles. The van der Waals surface area contributed by atoms with Gasteiger partial charge in [-0.3, -0.25) is 9.48 Å². The second-order valence-electron chi connectivity index (χ2n) is 10.9. The van der Waals surface area contributed by atoms with Crippen molar-refractivity contribution in [2.24, 2.45) is 0 Å². The largest absolute Gasteiger partial charge is 0.496 e. The number of hydrogen-bond donors (Lipinski definition) is 0. The summed E-state index contributed by atoms with van der Waals surface area (Å²) >= 11 is 0. The second-order valence-corrected chi connectivity index (χ2v) is 10.9. The van der Waals surface area contributed by atoms with E-state index in [-0.39, 0.29) is 29.7 Å². The van der Waals surface area contributed by atoms with Gasteiger partial charge in [0, 0.05) is 38.8 Å². The van der Waals surface area contributed by atoms with E-state index in [1.165, 1.54) is 28.3 Å². The minimum Gasteiger partial charge on any atom is -0.496 e. The number of alkyl halides is 3. The van der Waals surface area contributed by atoms with Crippen molar-refractivity contribution < 1.29 is 27.4 Å². The quantitative estimate of drug-likeness (QED) is 0.266. The first kappa shape index (κ1) is 31.0. The lowest BCUT2D eigenvalue weighted by molar-refractivity contribution is -0.140. The minimum atomic E-state index is -4.75. The zero-order chi connectivity index (χ0) is 31.4. The molecule has 0 radical (unpaired) electrons. The highest BCUT2D eigenvalue weighted by Crippen LogP contribution is 2.36. The first-order valence-corrected chi connectivity index (χ1v) is 14.4. The fraction of sp³-hybridized carbons (Fsp3) is 0.419. The first-order chi connectivity index (χ1) is 21.1. The molecule has 2 aromatic carbocycles. The molecule has 1 aliphatic rings. The van der Waals surface area contributed by atoms with Gasteiger partial charge in [0.25, 0.3) is 5.56 Å². The number of carbonyl (C=O) groups is 1. The normalized spacial score (nSPS) is 14.6. The van der Waals surface area contributed by atoms with Crippen LogP contribution in [0.3, 0.4) is 0 Å². The van der Waals surface area contributed by atoms with Crippen LogP contribution in [0.5, 0.6) is 5.75 Å². The zero-order valence-electron chi connectivity index (χ0n) is 24.9. The zero-order valence-corrected chi connectivity index (χ0v) is 24.9. The molecule has 0 N–H and O–H groups in total. The van der Waals surface area contributed by atoms with Gasteiger partial charge in [0.1, 0.15) is 17.9 Å². The van der Waals surface area contributed by atoms with E-state index >= 15 is 0 Å². The fourth-order valence-corrected chi connectivity index (χ4v) is 5.55. The Morgan fingerprint density at radius 1 is 1.05 bits per heavy atom. The van der Waals surface area contributed by atoms with Crippen molar-refractivity contribution in [2.75, 3.05) is 40.3 Å². The number of methoxy groups -OCH3 is 1. The average Bonchev–Trinajstić information content (AvgIpc) is 3.45. The molecule has 5 rings (SSSR count). The predicted molar refractivity (Wildman–Crippen MR) is 158 cm³/mol. The van der Waals surface area contributed by atoms with Gasteiger partial charge in [0.2, 0.25) is 0 Å². The molecule has 4 aromatic rings. The summed E-state index contributed by atoms with van der Waals surface area (Å²) < 4.78 is 55.6.